The zero-order chi connectivity index (χ0) is 12.3. The van der Waals surface area contributed by atoms with E-state index >= 15 is 0 Å². The second kappa shape index (κ2) is 5.12. The van der Waals surface area contributed by atoms with E-state index in [1.807, 2.05) is 35.2 Å². The minimum absolute atomic E-state index is 0.264. The van der Waals surface area contributed by atoms with E-state index in [-0.39, 0.29) is 5.57 Å². The lowest BCUT2D eigenvalue weighted by Gasteiger charge is -2.28. The summed E-state index contributed by atoms with van der Waals surface area (Å²) in [6, 6.07) is 9.82. The third-order valence-corrected chi connectivity index (χ3v) is 2.76. The van der Waals surface area contributed by atoms with E-state index in [4.69, 9.17) is 5.11 Å². The van der Waals surface area contributed by atoms with Gasteiger partial charge >= 0.3 is 5.97 Å². The summed E-state index contributed by atoms with van der Waals surface area (Å²) in [7, 11) is 0. The standard InChI is InChI=1S/C13H15NO3/c15-12-6-11(13(16)17)8-14(9-12)7-10-4-2-1-3-5-10/h1-6,12,15H,7-9H2,(H,16,17). The van der Waals surface area contributed by atoms with Crippen LogP contribution in [0.2, 0.25) is 0 Å². The molecule has 1 aromatic carbocycles. The number of nitrogens with zero attached hydrogens (tertiary/aromatic N) is 1. The Morgan fingerprint density at radius 2 is 2.06 bits per heavy atom. The largest absolute Gasteiger partial charge is 0.478 e. The molecule has 90 valence electrons. The van der Waals surface area contributed by atoms with Gasteiger partial charge in [0.05, 0.1) is 6.10 Å². The summed E-state index contributed by atoms with van der Waals surface area (Å²) in [5.41, 5.74) is 1.38. The van der Waals surface area contributed by atoms with Crippen LogP contribution < -0.4 is 0 Å². The molecule has 1 aliphatic rings. The van der Waals surface area contributed by atoms with Gasteiger partial charge in [-0.2, -0.15) is 0 Å². The van der Waals surface area contributed by atoms with Crippen LogP contribution >= 0.6 is 0 Å². The fourth-order valence-corrected chi connectivity index (χ4v) is 2.01. The first-order valence-corrected chi connectivity index (χ1v) is 5.53. The Labute approximate surface area is 99.8 Å². The Bertz CT molecular complexity index is 428. The number of aliphatic hydroxyl groups is 1. The number of hydrogen-bond acceptors (Lipinski definition) is 3. The van der Waals surface area contributed by atoms with E-state index in [2.05, 4.69) is 0 Å². The molecule has 0 aliphatic carbocycles. The monoisotopic (exact) mass is 233 g/mol. The number of benzene rings is 1. The Morgan fingerprint density at radius 1 is 1.35 bits per heavy atom. The van der Waals surface area contributed by atoms with Crippen LogP contribution in [0.1, 0.15) is 5.56 Å². The van der Waals surface area contributed by atoms with Gasteiger partial charge in [-0.25, -0.2) is 4.79 Å². The zero-order valence-electron chi connectivity index (χ0n) is 9.41. The number of β-amino-alcohol motifs (C(OH)–C–C–N with tert-alkyl or cyclic N) is 1. The van der Waals surface area contributed by atoms with Gasteiger partial charge in [0, 0.05) is 25.2 Å². The highest BCUT2D eigenvalue weighted by Gasteiger charge is 2.22. The van der Waals surface area contributed by atoms with Crippen molar-refractivity contribution in [2.75, 3.05) is 13.1 Å². The van der Waals surface area contributed by atoms with Crippen molar-refractivity contribution in [1.82, 2.24) is 4.90 Å². The Hall–Kier alpha value is -1.65. The first-order chi connectivity index (χ1) is 8.15. The predicted octanol–water partition coefficient (Wildman–Crippen LogP) is 0.874. The zero-order valence-corrected chi connectivity index (χ0v) is 9.41. The number of hydrogen-bond donors (Lipinski definition) is 2. The van der Waals surface area contributed by atoms with E-state index in [0.29, 0.717) is 19.6 Å². The molecule has 0 saturated carbocycles. The normalized spacial score (nSPS) is 21.0. The van der Waals surface area contributed by atoms with Crippen LogP contribution in [0.4, 0.5) is 0 Å². The van der Waals surface area contributed by atoms with Gasteiger partial charge in [-0.05, 0) is 11.6 Å². The molecule has 0 aromatic heterocycles. The highest BCUT2D eigenvalue weighted by Crippen LogP contribution is 2.13. The molecular weight excluding hydrogens is 218 g/mol. The van der Waals surface area contributed by atoms with Crippen LogP contribution in [0.5, 0.6) is 0 Å². The van der Waals surface area contributed by atoms with Crippen LogP contribution in [0.3, 0.4) is 0 Å². The maximum Gasteiger partial charge on any atom is 0.332 e. The summed E-state index contributed by atoms with van der Waals surface area (Å²) in [6.45, 7) is 1.51. The summed E-state index contributed by atoms with van der Waals surface area (Å²) in [6.07, 6.45) is 0.725. The number of carboxylic acids is 1. The highest BCUT2D eigenvalue weighted by molar-refractivity contribution is 5.87. The third-order valence-electron chi connectivity index (χ3n) is 2.76. The molecule has 1 aromatic rings. The van der Waals surface area contributed by atoms with Crippen LogP contribution in [-0.2, 0) is 11.3 Å². The fourth-order valence-electron chi connectivity index (χ4n) is 2.01. The molecule has 4 heteroatoms. The molecule has 2 rings (SSSR count). The van der Waals surface area contributed by atoms with Crippen LogP contribution in [-0.4, -0.2) is 40.3 Å². The Balaban J connectivity index is 2.04. The van der Waals surface area contributed by atoms with E-state index in [1.165, 1.54) is 6.08 Å². The SMILES string of the molecule is O=C(O)C1=CC(O)CN(Cc2ccccc2)C1. The van der Waals surface area contributed by atoms with Crippen LogP contribution in [0, 0.1) is 0 Å². The van der Waals surface area contributed by atoms with Gasteiger partial charge in [0.2, 0.25) is 0 Å². The molecular formula is C13H15NO3. The maximum absolute atomic E-state index is 10.9. The lowest BCUT2D eigenvalue weighted by Crippen LogP contribution is -2.38. The molecule has 0 fully saturated rings. The summed E-state index contributed by atoms with van der Waals surface area (Å²) in [4.78, 5) is 12.8. The summed E-state index contributed by atoms with van der Waals surface area (Å²) < 4.78 is 0. The molecule has 0 amide bonds. The maximum atomic E-state index is 10.9. The number of aliphatic carboxylic acids is 1. The molecule has 0 saturated heterocycles. The van der Waals surface area contributed by atoms with E-state index in [0.717, 1.165) is 5.56 Å². The van der Waals surface area contributed by atoms with Gasteiger partial charge in [-0.1, -0.05) is 30.3 Å². The lowest BCUT2D eigenvalue weighted by molar-refractivity contribution is -0.133. The summed E-state index contributed by atoms with van der Waals surface area (Å²) >= 11 is 0. The van der Waals surface area contributed by atoms with Crippen molar-refractivity contribution < 1.29 is 15.0 Å². The molecule has 1 unspecified atom stereocenters. The second-order valence-corrected chi connectivity index (χ2v) is 4.22. The number of rotatable bonds is 3. The minimum Gasteiger partial charge on any atom is -0.478 e. The summed E-state index contributed by atoms with van der Waals surface area (Å²) in [5, 5.41) is 18.5. The van der Waals surface area contributed by atoms with Gasteiger partial charge in [0.1, 0.15) is 0 Å². The van der Waals surface area contributed by atoms with E-state index in [9.17, 15) is 9.90 Å². The van der Waals surface area contributed by atoms with Gasteiger partial charge in [0.15, 0.2) is 0 Å². The average Bonchev–Trinajstić information content (AvgIpc) is 2.29. The number of carbonyl (C=O) groups is 1. The molecule has 0 radical (unpaired) electrons. The first-order valence-electron chi connectivity index (χ1n) is 5.53. The van der Waals surface area contributed by atoms with Crippen molar-refractivity contribution >= 4 is 5.97 Å². The van der Waals surface area contributed by atoms with Crippen molar-refractivity contribution in [3.63, 3.8) is 0 Å². The average molecular weight is 233 g/mol. The molecule has 1 atom stereocenters. The molecule has 1 aliphatic heterocycles. The molecule has 17 heavy (non-hydrogen) atoms. The smallest absolute Gasteiger partial charge is 0.332 e. The first kappa shape index (κ1) is 11.8. The molecule has 2 N–H and O–H groups in total. The minimum atomic E-state index is -0.957. The molecule has 0 bridgehead atoms. The number of aliphatic hydroxyl groups excluding tert-OH is 1. The van der Waals surface area contributed by atoms with Crippen molar-refractivity contribution in [2.45, 2.75) is 12.6 Å². The van der Waals surface area contributed by atoms with Crippen molar-refractivity contribution in [3.8, 4) is 0 Å². The fraction of sp³-hybridized carbons (Fsp3) is 0.308. The predicted molar refractivity (Wildman–Crippen MR) is 63.4 cm³/mol. The number of carboxylic acid groups (broad SMARTS) is 1. The Morgan fingerprint density at radius 3 is 2.71 bits per heavy atom. The Kier molecular flexibility index (Phi) is 3.56. The van der Waals surface area contributed by atoms with Crippen molar-refractivity contribution in [2.24, 2.45) is 0 Å². The lowest BCUT2D eigenvalue weighted by atomic mass is 10.1. The van der Waals surface area contributed by atoms with Crippen LogP contribution in [0.25, 0.3) is 0 Å². The molecule has 1 heterocycles. The van der Waals surface area contributed by atoms with Crippen molar-refractivity contribution in [3.05, 3.63) is 47.5 Å². The highest BCUT2D eigenvalue weighted by atomic mass is 16.4. The van der Waals surface area contributed by atoms with Gasteiger partial charge in [-0.3, -0.25) is 4.90 Å². The quantitative estimate of drug-likeness (QED) is 0.813. The van der Waals surface area contributed by atoms with Gasteiger partial charge in [0.25, 0.3) is 0 Å². The van der Waals surface area contributed by atoms with Gasteiger partial charge < -0.3 is 10.2 Å². The second-order valence-electron chi connectivity index (χ2n) is 4.22. The van der Waals surface area contributed by atoms with Crippen molar-refractivity contribution in [1.29, 1.82) is 0 Å². The van der Waals surface area contributed by atoms with E-state index < -0.39 is 12.1 Å². The summed E-state index contributed by atoms with van der Waals surface area (Å²) in [5.74, 6) is -0.957. The van der Waals surface area contributed by atoms with Crippen LogP contribution in [0.15, 0.2) is 42.0 Å². The third kappa shape index (κ3) is 3.15. The molecule has 0 spiro atoms. The topological polar surface area (TPSA) is 60.8 Å². The van der Waals surface area contributed by atoms with E-state index in [1.54, 1.807) is 0 Å². The van der Waals surface area contributed by atoms with Gasteiger partial charge in [-0.15, -0.1) is 0 Å². The molecule has 4 nitrogen and oxygen atoms in total.